The first-order valence-electron chi connectivity index (χ1n) is 3.07. The van der Waals surface area contributed by atoms with Crippen LogP contribution in [0.25, 0.3) is 0 Å². The first-order valence-corrected chi connectivity index (χ1v) is 5.37. The zero-order valence-electron chi connectivity index (χ0n) is 5.13. The van der Waals surface area contributed by atoms with Crippen LogP contribution in [0.5, 0.6) is 0 Å². The summed E-state index contributed by atoms with van der Waals surface area (Å²) in [5.41, 5.74) is 0. The van der Waals surface area contributed by atoms with E-state index in [1.54, 1.807) is 0 Å². The van der Waals surface area contributed by atoms with Crippen molar-refractivity contribution >= 4 is 14.3 Å². The summed E-state index contributed by atoms with van der Waals surface area (Å²) in [7, 11) is -2.85. The van der Waals surface area contributed by atoms with Gasteiger partial charge in [0.05, 0.1) is 0 Å². The fraction of sp³-hybridized carbons (Fsp3) is 0.800. The molecule has 1 aliphatic heterocycles. The van der Waals surface area contributed by atoms with E-state index in [0.717, 1.165) is 0 Å². The fourth-order valence-corrected chi connectivity index (χ4v) is 2.54. The second-order valence-electron chi connectivity index (χ2n) is 2.52. The van der Waals surface area contributed by atoms with Crippen molar-refractivity contribution in [2.75, 3.05) is 0 Å². The smallest absolute Gasteiger partial charge is 0.333 e. The van der Waals surface area contributed by atoms with Gasteiger partial charge in [0.1, 0.15) is 5.78 Å². The van der Waals surface area contributed by atoms with E-state index >= 15 is 0 Å². The predicted molar refractivity (Wildman–Crippen MR) is 34.0 cm³/mol. The predicted octanol–water partition coefficient (Wildman–Crippen LogP) is -0.224. The lowest BCUT2D eigenvalue weighted by molar-refractivity contribution is -0.119. The van der Waals surface area contributed by atoms with E-state index in [4.69, 9.17) is 9.59 Å². The Morgan fingerprint density at radius 2 is 1.67 bits per heavy atom. The molecule has 52 valence electrons. The van der Waals surface area contributed by atoms with Gasteiger partial charge in [0.2, 0.25) is 0 Å². The molecular weight excluding hydrogens is 136 g/mol. The van der Waals surface area contributed by atoms with Crippen molar-refractivity contribution in [1.82, 2.24) is 0 Å². The SMILES string of the molecule is O=C1CC[Si](O)(O)CC1. The maximum absolute atomic E-state index is 10.6. The highest BCUT2D eigenvalue weighted by Gasteiger charge is 2.33. The van der Waals surface area contributed by atoms with Gasteiger partial charge in [-0.2, -0.15) is 0 Å². The Hall–Kier alpha value is -0.193. The van der Waals surface area contributed by atoms with Crippen LogP contribution in [0.15, 0.2) is 0 Å². The van der Waals surface area contributed by atoms with E-state index in [1.165, 1.54) is 0 Å². The Bertz CT molecular complexity index is 120. The summed E-state index contributed by atoms with van der Waals surface area (Å²) in [5, 5.41) is 0. The molecule has 0 unspecified atom stereocenters. The summed E-state index contributed by atoms with van der Waals surface area (Å²) in [6.07, 6.45) is 0.748. The molecule has 1 aliphatic rings. The minimum atomic E-state index is -2.85. The number of Topliss-reactive ketones (excluding diaryl/α,β-unsaturated/α-hetero) is 1. The molecule has 0 amide bonds. The Labute approximate surface area is 54.6 Å². The summed E-state index contributed by atoms with van der Waals surface area (Å²) in [5.74, 6) is 0.168. The Balaban J connectivity index is 2.44. The monoisotopic (exact) mass is 146 g/mol. The molecule has 1 saturated heterocycles. The van der Waals surface area contributed by atoms with Gasteiger partial charge >= 0.3 is 8.56 Å². The van der Waals surface area contributed by atoms with Crippen molar-refractivity contribution in [2.24, 2.45) is 0 Å². The second-order valence-corrected chi connectivity index (χ2v) is 5.49. The minimum Gasteiger partial charge on any atom is -0.411 e. The molecule has 0 aromatic rings. The van der Waals surface area contributed by atoms with E-state index in [-0.39, 0.29) is 5.78 Å². The van der Waals surface area contributed by atoms with Crippen LogP contribution in [0.3, 0.4) is 0 Å². The van der Waals surface area contributed by atoms with E-state index in [0.29, 0.717) is 24.9 Å². The summed E-state index contributed by atoms with van der Waals surface area (Å²) in [4.78, 5) is 28.6. The molecule has 0 spiro atoms. The van der Waals surface area contributed by atoms with Gasteiger partial charge in [-0.25, -0.2) is 0 Å². The molecule has 0 bridgehead atoms. The lowest BCUT2D eigenvalue weighted by Gasteiger charge is -2.20. The third-order valence-corrected chi connectivity index (χ3v) is 3.71. The maximum atomic E-state index is 10.6. The molecule has 3 nitrogen and oxygen atoms in total. The van der Waals surface area contributed by atoms with Gasteiger partial charge in [0.25, 0.3) is 0 Å². The summed E-state index contributed by atoms with van der Waals surface area (Å²) < 4.78 is 0. The molecule has 9 heavy (non-hydrogen) atoms. The van der Waals surface area contributed by atoms with Crippen molar-refractivity contribution in [3.63, 3.8) is 0 Å². The molecule has 1 fully saturated rings. The van der Waals surface area contributed by atoms with Gasteiger partial charge in [0.15, 0.2) is 0 Å². The summed E-state index contributed by atoms with van der Waals surface area (Å²) >= 11 is 0. The molecule has 2 N–H and O–H groups in total. The lowest BCUT2D eigenvalue weighted by Crippen LogP contribution is -2.38. The van der Waals surface area contributed by atoms with Gasteiger partial charge in [-0.1, -0.05) is 0 Å². The van der Waals surface area contributed by atoms with Crippen molar-refractivity contribution in [3.8, 4) is 0 Å². The van der Waals surface area contributed by atoms with Crippen LogP contribution in [0.2, 0.25) is 12.1 Å². The van der Waals surface area contributed by atoms with Crippen LogP contribution >= 0.6 is 0 Å². The molecule has 0 aromatic carbocycles. The van der Waals surface area contributed by atoms with Gasteiger partial charge in [-0.3, -0.25) is 4.79 Å². The quantitative estimate of drug-likeness (QED) is 0.464. The molecular formula is C5H10O3Si. The van der Waals surface area contributed by atoms with E-state index < -0.39 is 8.56 Å². The van der Waals surface area contributed by atoms with E-state index in [1.807, 2.05) is 0 Å². The molecule has 0 aliphatic carbocycles. The first kappa shape index (κ1) is 6.92. The Morgan fingerprint density at radius 3 is 2.00 bits per heavy atom. The normalized spacial score (nSPS) is 26.2. The Morgan fingerprint density at radius 1 is 1.22 bits per heavy atom. The van der Waals surface area contributed by atoms with Crippen molar-refractivity contribution in [1.29, 1.82) is 0 Å². The standard InChI is InChI=1S/C5H10O3Si/c6-5-1-3-9(7,8)4-2-5/h7-8H,1-4H2. The molecule has 1 rings (SSSR count). The highest BCUT2D eigenvalue weighted by atomic mass is 28.4. The second kappa shape index (κ2) is 2.21. The molecule has 0 aromatic heterocycles. The van der Waals surface area contributed by atoms with Gasteiger partial charge < -0.3 is 9.59 Å². The maximum Gasteiger partial charge on any atom is 0.333 e. The Kier molecular flexibility index (Phi) is 1.70. The summed E-state index contributed by atoms with van der Waals surface area (Å²) in [6.45, 7) is 0. The van der Waals surface area contributed by atoms with Crippen molar-refractivity contribution < 1.29 is 14.4 Å². The molecule has 0 radical (unpaired) electrons. The average molecular weight is 146 g/mol. The molecule has 1 heterocycles. The fourth-order valence-electron chi connectivity index (χ4n) is 0.929. The number of carbonyl (C=O) groups is 1. The van der Waals surface area contributed by atoms with Crippen LogP contribution in [-0.2, 0) is 4.79 Å². The molecule has 0 atom stereocenters. The van der Waals surface area contributed by atoms with Crippen LogP contribution < -0.4 is 0 Å². The topological polar surface area (TPSA) is 57.5 Å². The summed E-state index contributed by atoms with van der Waals surface area (Å²) in [6, 6.07) is 0.678. The van der Waals surface area contributed by atoms with Gasteiger partial charge in [0, 0.05) is 12.8 Å². The van der Waals surface area contributed by atoms with Crippen LogP contribution in [-0.4, -0.2) is 23.9 Å². The third kappa shape index (κ3) is 1.89. The largest absolute Gasteiger partial charge is 0.411 e. The molecule has 4 heteroatoms. The van der Waals surface area contributed by atoms with Crippen molar-refractivity contribution in [2.45, 2.75) is 24.9 Å². The zero-order valence-corrected chi connectivity index (χ0v) is 6.13. The first-order chi connectivity index (χ1) is 4.10. The molecule has 0 saturated carbocycles. The lowest BCUT2D eigenvalue weighted by atomic mass is 10.2. The van der Waals surface area contributed by atoms with Gasteiger partial charge in [-0.05, 0) is 12.1 Å². The van der Waals surface area contributed by atoms with Crippen molar-refractivity contribution in [3.05, 3.63) is 0 Å². The minimum absolute atomic E-state index is 0.168. The van der Waals surface area contributed by atoms with E-state index in [9.17, 15) is 4.79 Å². The van der Waals surface area contributed by atoms with Gasteiger partial charge in [-0.15, -0.1) is 0 Å². The number of hydrogen-bond acceptors (Lipinski definition) is 3. The third-order valence-electron chi connectivity index (χ3n) is 1.61. The average Bonchev–Trinajstić information content (AvgIpc) is 1.78. The van der Waals surface area contributed by atoms with Crippen LogP contribution in [0.1, 0.15) is 12.8 Å². The van der Waals surface area contributed by atoms with Crippen LogP contribution in [0, 0.1) is 0 Å². The number of hydrogen-bond donors (Lipinski definition) is 2. The highest BCUT2D eigenvalue weighted by Crippen LogP contribution is 2.20. The van der Waals surface area contributed by atoms with E-state index in [2.05, 4.69) is 0 Å². The number of carbonyl (C=O) groups excluding carboxylic acids is 1. The highest BCUT2D eigenvalue weighted by molar-refractivity contribution is 6.65. The number of rotatable bonds is 0. The van der Waals surface area contributed by atoms with Crippen LogP contribution in [0.4, 0.5) is 0 Å². The zero-order chi connectivity index (χ0) is 6.91. The number of ketones is 1.